The molecule has 0 saturated heterocycles. The van der Waals surface area contributed by atoms with Crippen molar-refractivity contribution in [2.45, 2.75) is 84.5 Å². The lowest BCUT2D eigenvalue weighted by Crippen LogP contribution is -2.16. The Morgan fingerprint density at radius 1 is 0.917 bits per heavy atom. The van der Waals surface area contributed by atoms with Crippen LogP contribution in [0.4, 0.5) is 0 Å². The highest BCUT2D eigenvalue weighted by atomic mass is 16.2. The monoisotopic (exact) mass is 330 g/mol. The molecule has 1 aromatic carbocycles. The lowest BCUT2D eigenvalue weighted by molar-refractivity contribution is -0.121. The summed E-state index contributed by atoms with van der Waals surface area (Å²) in [6.07, 6.45) is 14.7. The molecule has 24 heavy (non-hydrogen) atoms. The van der Waals surface area contributed by atoms with Crippen LogP contribution in [-0.2, 0) is 11.2 Å². The van der Waals surface area contributed by atoms with Crippen LogP contribution >= 0.6 is 0 Å². The van der Waals surface area contributed by atoms with Gasteiger partial charge in [-0.2, -0.15) is 5.10 Å². The van der Waals surface area contributed by atoms with E-state index in [9.17, 15) is 4.79 Å². The molecule has 1 rings (SSSR count). The quantitative estimate of drug-likeness (QED) is 0.285. The molecule has 0 atom stereocenters. The molecule has 0 unspecified atom stereocenters. The lowest BCUT2D eigenvalue weighted by atomic mass is 10.1. The molecule has 0 spiro atoms. The number of carbonyl (C=O) groups excluding carboxylic acids is 1. The minimum Gasteiger partial charge on any atom is -0.273 e. The molecular weight excluding hydrogens is 296 g/mol. The van der Waals surface area contributed by atoms with E-state index in [1.165, 1.54) is 50.5 Å². The summed E-state index contributed by atoms with van der Waals surface area (Å²) in [6.45, 7) is 4.38. The molecule has 0 radical (unpaired) electrons. The third-order valence-corrected chi connectivity index (χ3v) is 4.30. The highest BCUT2D eigenvalue weighted by Crippen LogP contribution is 2.10. The van der Waals surface area contributed by atoms with Crippen molar-refractivity contribution in [2.75, 3.05) is 0 Å². The Hall–Kier alpha value is -1.64. The van der Waals surface area contributed by atoms with Crippen molar-refractivity contribution in [3.63, 3.8) is 0 Å². The maximum absolute atomic E-state index is 11.7. The third-order valence-electron chi connectivity index (χ3n) is 4.30. The van der Waals surface area contributed by atoms with Crippen molar-refractivity contribution in [1.82, 2.24) is 5.43 Å². The first-order chi connectivity index (χ1) is 11.8. The zero-order chi connectivity index (χ0) is 17.5. The molecule has 3 heteroatoms. The second-order valence-corrected chi connectivity index (χ2v) is 6.47. The number of nitrogens with zero attached hydrogens (tertiary/aromatic N) is 1. The highest BCUT2D eigenvalue weighted by molar-refractivity contribution is 5.82. The summed E-state index contributed by atoms with van der Waals surface area (Å²) < 4.78 is 0. The van der Waals surface area contributed by atoms with E-state index in [-0.39, 0.29) is 5.91 Å². The van der Waals surface area contributed by atoms with Crippen LogP contribution in [0.5, 0.6) is 0 Å². The molecule has 1 amide bonds. The molecule has 0 bridgehead atoms. The number of hydrogen-bond donors (Lipinski definition) is 1. The Kier molecular flexibility index (Phi) is 11.7. The fourth-order valence-electron chi connectivity index (χ4n) is 2.67. The number of carbonyl (C=O) groups is 1. The Bertz CT molecular complexity index is 465. The van der Waals surface area contributed by atoms with E-state index in [0.717, 1.165) is 24.8 Å². The predicted molar refractivity (Wildman–Crippen MR) is 103 cm³/mol. The second kappa shape index (κ2) is 13.8. The van der Waals surface area contributed by atoms with E-state index >= 15 is 0 Å². The molecule has 0 fully saturated rings. The minimum absolute atomic E-state index is 0.0133. The van der Waals surface area contributed by atoms with Crippen LogP contribution in [0.1, 0.15) is 89.2 Å². The number of aryl methyl sites for hydroxylation is 1. The zero-order valence-electron chi connectivity index (χ0n) is 15.5. The molecule has 3 nitrogen and oxygen atoms in total. The van der Waals surface area contributed by atoms with Crippen LogP contribution in [0.25, 0.3) is 0 Å². The molecule has 0 aliphatic carbocycles. The standard InChI is InChI=1S/C21H34N2O/c1-3-5-6-7-8-9-10-11-12-13-21(24)23-22-18-20-16-14-19(4-2)15-17-20/h14-18H,3-13H2,1-2H3,(H,23,24)/b22-18+. The lowest BCUT2D eigenvalue weighted by Gasteiger charge is -2.02. The molecule has 1 N–H and O–H groups in total. The molecular formula is C21H34N2O. The number of benzene rings is 1. The van der Waals surface area contributed by atoms with Gasteiger partial charge in [0.05, 0.1) is 6.21 Å². The maximum Gasteiger partial charge on any atom is 0.240 e. The highest BCUT2D eigenvalue weighted by Gasteiger charge is 1.99. The van der Waals surface area contributed by atoms with Crippen LogP contribution in [0.15, 0.2) is 29.4 Å². The Balaban J connectivity index is 2.02. The number of unbranched alkanes of at least 4 members (excludes halogenated alkanes) is 8. The van der Waals surface area contributed by atoms with Gasteiger partial charge in [0.2, 0.25) is 5.91 Å². The van der Waals surface area contributed by atoms with E-state index in [2.05, 4.69) is 36.5 Å². The summed E-state index contributed by atoms with van der Waals surface area (Å²) in [5.74, 6) is 0.0133. The van der Waals surface area contributed by atoms with Gasteiger partial charge in [0, 0.05) is 6.42 Å². The van der Waals surface area contributed by atoms with Crippen LogP contribution < -0.4 is 5.43 Å². The fraction of sp³-hybridized carbons (Fsp3) is 0.619. The van der Waals surface area contributed by atoms with Gasteiger partial charge in [0.25, 0.3) is 0 Å². The van der Waals surface area contributed by atoms with Crippen molar-refractivity contribution in [3.05, 3.63) is 35.4 Å². The van der Waals surface area contributed by atoms with E-state index < -0.39 is 0 Å². The first-order valence-electron chi connectivity index (χ1n) is 9.67. The van der Waals surface area contributed by atoms with Gasteiger partial charge in [-0.3, -0.25) is 4.79 Å². The van der Waals surface area contributed by atoms with Crippen molar-refractivity contribution < 1.29 is 4.79 Å². The van der Waals surface area contributed by atoms with Gasteiger partial charge >= 0.3 is 0 Å². The van der Waals surface area contributed by atoms with Crippen LogP contribution in [0.2, 0.25) is 0 Å². The summed E-state index contributed by atoms with van der Waals surface area (Å²) in [5, 5.41) is 4.03. The van der Waals surface area contributed by atoms with Crippen molar-refractivity contribution in [3.8, 4) is 0 Å². The van der Waals surface area contributed by atoms with Gasteiger partial charge in [0.15, 0.2) is 0 Å². The molecule has 0 aliphatic rings. The minimum atomic E-state index is 0.0133. The summed E-state index contributed by atoms with van der Waals surface area (Å²) in [6, 6.07) is 8.22. The zero-order valence-corrected chi connectivity index (χ0v) is 15.5. The molecule has 0 aliphatic heterocycles. The van der Waals surface area contributed by atoms with Gasteiger partial charge in [-0.05, 0) is 24.0 Å². The summed E-state index contributed by atoms with van der Waals surface area (Å²) in [5.41, 5.74) is 4.93. The summed E-state index contributed by atoms with van der Waals surface area (Å²) in [7, 11) is 0. The Morgan fingerprint density at radius 3 is 2.08 bits per heavy atom. The van der Waals surface area contributed by atoms with Crippen molar-refractivity contribution in [1.29, 1.82) is 0 Å². The third kappa shape index (κ3) is 10.2. The average molecular weight is 331 g/mol. The molecule has 134 valence electrons. The topological polar surface area (TPSA) is 41.5 Å². The first-order valence-corrected chi connectivity index (χ1v) is 9.67. The molecule has 1 aromatic rings. The Morgan fingerprint density at radius 2 is 1.50 bits per heavy atom. The fourth-order valence-corrected chi connectivity index (χ4v) is 2.67. The predicted octanol–water partition coefficient (Wildman–Crippen LogP) is 5.62. The normalized spacial score (nSPS) is 11.1. The van der Waals surface area contributed by atoms with Crippen LogP contribution in [0.3, 0.4) is 0 Å². The SMILES string of the molecule is CCCCCCCCCCCC(=O)N/N=C/c1ccc(CC)cc1. The number of hydrazone groups is 1. The smallest absolute Gasteiger partial charge is 0.240 e. The molecule has 0 heterocycles. The average Bonchev–Trinajstić information content (AvgIpc) is 2.61. The molecule has 0 aromatic heterocycles. The van der Waals surface area contributed by atoms with Crippen molar-refractivity contribution in [2.24, 2.45) is 5.10 Å². The second-order valence-electron chi connectivity index (χ2n) is 6.47. The van der Waals surface area contributed by atoms with Crippen molar-refractivity contribution >= 4 is 12.1 Å². The van der Waals surface area contributed by atoms with E-state index in [1.807, 2.05) is 12.1 Å². The van der Waals surface area contributed by atoms with Gasteiger partial charge in [-0.15, -0.1) is 0 Å². The van der Waals surface area contributed by atoms with Crippen LogP contribution in [0, 0.1) is 0 Å². The first kappa shape index (κ1) is 20.4. The van der Waals surface area contributed by atoms with E-state index in [4.69, 9.17) is 0 Å². The van der Waals surface area contributed by atoms with Gasteiger partial charge in [-0.1, -0.05) is 89.5 Å². The summed E-state index contributed by atoms with van der Waals surface area (Å²) in [4.78, 5) is 11.7. The maximum atomic E-state index is 11.7. The van der Waals surface area contributed by atoms with E-state index in [1.54, 1.807) is 6.21 Å². The van der Waals surface area contributed by atoms with Gasteiger partial charge in [-0.25, -0.2) is 5.43 Å². The Labute approximate surface area is 147 Å². The number of rotatable bonds is 13. The largest absolute Gasteiger partial charge is 0.273 e. The van der Waals surface area contributed by atoms with Gasteiger partial charge < -0.3 is 0 Å². The number of hydrogen-bond acceptors (Lipinski definition) is 2. The van der Waals surface area contributed by atoms with Crippen LogP contribution in [-0.4, -0.2) is 12.1 Å². The number of amides is 1. The van der Waals surface area contributed by atoms with Gasteiger partial charge in [0.1, 0.15) is 0 Å². The van der Waals surface area contributed by atoms with E-state index in [0.29, 0.717) is 6.42 Å². The number of nitrogens with one attached hydrogen (secondary N) is 1. The summed E-state index contributed by atoms with van der Waals surface area (Å²) >= 11 is 0. The molecule has 0 saturated carbocycles.